The zero-order valence-electron chi connectivity index (χ0n) is 18.2. The fraction of sp³-hybridized carbons (Fsp3) is 0.240. The van der Waals surface area contributed by atoms with E-state index in [1.807, 2.05) is 47.0 Å². The first kappa shape index (κ1) is 20.6. The molecule has 6 nitrogen and oxygen atoms in total. The fourth-order valence-electron chi connectivity index (χ4n) is 3.80. The topological polar surface area (TPSA) is 56.8 Å². The average molecular weight is 418 g/mol. The average Bonchev–Trinajstić information content (AvgIpc) is 3.37. The second-order valence-corrected chi connectivity index (χ2v) is 7.56. The Kier molecular flexibility index (Phi) is 5.71. The van der Waals surface area contributed by atoms with Gasteiger partial charge in [0.25, 0.3) is 5.91 Å². The van der Waals surface area contributed by atoms with Crippen LogP contribution in [-0.4, -0.2) is 36.6 Å². The van der Waals surface area contributed by atoms with Crippen LogP contribution >= 0.6 is 0 Å². The van der Waals surface area contributed by atoms with Gasteiger partial charge in [0.05, 0.1) is 26.0 Å². The molecule has 2 aromatic carbocycles. The first-order valence-electron chi connectivity index (χ1n) is 10.1. The highest BCUT2D eigenvalue weighted by Gasteiger charge is 2.21. The molecule has 0 saturated carbocycles. The highest BCUT2D eigenvalue weighted by Crippen LogP contribution is 2.29. The van der Waals surface area contributed by atoms with Crippen LogP contribution in [0.5, 0.6) is 11.5 Å². The monoisotopic (exact) mass is 418 g/mol. The summed E-state index contributed by atoms with van der Waals surface area (Å²) in [6, 6.07) is 17.6. The summed E-state index contributed by atoms with van der Waals surface area (Å²) in [5.41, 5.74) is 5.51. The maximum Gasteiger partial charge on any atom is 0.270 e. The third kappa shape index (κ3) is 4.01. The van der Waals surface area contributed by atoms with E-state index in [1.54, 1.807) is 32.4 Å². The summed E-state index contributed by atoms with van der Waals surface area (Å²) in [7, 11) is 5.00. The van der Waals surface area contributed by atoms with Crippen LogP contribution in [0.1, 0.15) is 27.2 Å². The Morgan fingerprint density at radius 1 is 1.03 bits per heavy atom. The van der Waals surface area contributed by atoms with Crippen LogP contribution < -0.4 is 9.47 Å². The van der Waals surface area contributed by atoms with Gasteiger partial charge in [0.2, 0.25) is 0 Å². The Bertz CT molecular complexity index is 1220. The van der Waals surface area contributed by atoms with Gasteiger partial charge in [-0.25, -0.2) is 0 Å². The minimum Gasteiger partial charge on any atom is -0.493 e. The van der Waals surface area contributed by atoms with Crippen molar-refractivity contribution in [2.45, 2.75) is 20.0 Å². The lowest BCUT2D eigenvalue weighted by Gasteiger charge is -2.20. The van der Waals surface area contributed by atoms with E-state index in [0.717, 1.165) is 16.6 Å². The number of nitrogens with zero attached hydrogens (tertiary/aromatic N) is 2. The molecular weight excluding hydrogens is 392 g/mol. The maximum atomic E-state index is 13.4. The second-order valence-electron chi connectivity index (χ2n) is 7.56. The molecule has 1 amide bonds. The summed E-state index contributed by atoms with van der Waals surface area (Å²) in [5.74, 6) is 1.23. The molecule has 4 aromatic rings. The van der Waals surface area contributed by atoms with Gasteiger partial charge in [-0.1, -0.05) is 30.3 Å². The van der Waals surface area contributed by atoms with Gasteiger partial charge in [0.15, 0.2) is 17.1 Å². The van der Waals surface area contributed by atoms with Crippen LogP contribution in [0.2, 0.25) is 0 Å². The van der Waals surface area contributed by atoms with Crippen molar-refractivity contribution in [3.8, 4) is 11.5 Å². The number of furan rings is 1. The lowest BCUT2D eigenvalue weighted by molar-refractivity contribution is 0.0775. The molecule has 0 N–H and O–H groups in total. The van der Waals surface area contributed by atoms with Crippen molar-refractivity contribution >= 4 is 17.0 Å². The van der Waals surface area contributed by atoms with Gasteiger partial charge in [-0.05, 0) is 35.7 Å². The summed E-state index contributed by atoms with van der Waals surface area (Å²) < 4.78 is 18.3. The van der Waals surface area contributed by atoms with Crippen molar-refractivity contribution in [3.05, 3.63) is 83.2 Å². The standard InChI is InChI=1S/C25H26N2O4/c1-17-7-5-6-8-19(17)16-27-20-11-12-31-23(20)14-21(27)25(28)26(2)15-18-9-10-22(29-3)24(13-18)30-4/h5-14H,15-16H2,1-4H3. The van der Waals surface area contributed by atoms with Crippen molar-refractivity contribution in [1.29, 1.82) is 0 Å². The Labute approximate surface area is 181 Å². The Balaban J connectivity index is 1.63. The van der Waals surface area contributed by atoms with E-state index in [9.17, 15) is 4.79 Å². The first-order valence-corrected chi connectivity index (χ1v) is 10.1. The molecule has 6 heteroatoms. The van der Waals surface area contributed by atoms with Crippen molar-refractivity contribution in [3.63, 3.8) is 0 Å². The summed E-state index contributed by atoms with van der Waals surface area (Å²) in [6.45, 7) is 3.12. The highest BCUT2D eigenvalue weighted by atomic mass is 16.5. The minimum absolute atomic E-state index is 0.0743. The number of aryl methyl sites for hydroxylation is 1. The lowest BCUT2D eigenvalue weighted by atomic mass is 10.1. The van der Waals surface area contributed by atoms with E-state index in [0.29, 0.717) is 35.9 Å². The van der Waals surface area contributed by atoms with Gasteiger partial charge >= 0.3 is 0 Å². The molecule has 0 unspecified atom stereocenters. The Hall–Kier alpha value is -3.67. The van der Waals surface area contributed by atoms with Crippen LogP contribution in [0, 0.1) is 6.92 Å². The molecule has 2 aromatic heterocycles. The predicted octanol–water partition coefficient (Wildman–Crippen LogP) is 4.88. The van der Waals surface area contributed by atoms with E-state index in [-0.39, 0.29) is 5.91 Å². The molecule has 0 radical (unpaired) electrons. The summed E-state index contributed by atoms with van der Waals surface area (Å²) in [5, 5.41) is 0. The van der Waals surface area contributed by atoms with E-state index >= 15 is 0 Å². The SMILES string of the molecule is COc1ccc(CN(C)C(=O)c2cc3occc3n2Cc2ccccc2C)cc1OC. The molecule has 0 fully saturated rings. The van der Waals surface area contributed by atoms with Gasteiger partial charge < -0.3 is 23.4 Å². The number of aromatic nitrogens is 1. The van der Waals surface area contributed by atoms with E-state index in [4.69, 9.17) is 13.9 Å². The van der Waals surface area contributed by atoms with Crippen LogP contribution in [-0.2, 0) is 13.1 Å². The molecule has 0 saturated heterocycles. The third-order valence-corrected chi connectivity index (χ3v) is 5.55. The number of rotatable bonds is 7. The second kappa shape index (κ2) is 8.60. The van der Waals surface area contributed by atoms with Gasteiger partial charge in [-0.2, -0.15) is 0 Å². The molecule has 0 aliphatic heterocycles. The Morgan fingerprint density at radius 3 is 2.55 bits per heavy atom. The molecule has 0 aliphatic carbocycles. The number of hydrogen-bond acceptors (Lipinski definition) is 4. The summed E-state index contributed by atoms with van der Waals surface area (Å²) in [6.07, 6.45) is 1.65. The van der Waals surface area contributed by atoms with E-state index < -0.39 is 0 Å². The zero-order chi connectivity index (χ0) is 22.0. The van der Waals surface area contributed by atoms with Crippen molar-refractivity contribution in [2.75, 3.05) is 21.3 Å². The van der Waals surface area contributed by atoms with Gasteiger partial charge in [-0.15, -0.1) is 0 Å². The molecule has 160 valence electrons. The molecule has 4 rings (SSSR count). The normalized spacial score (nSPS) is 11.0. The number of methoxy groups -OCH3 is 2. The molecule has 2 heterocycles. The molecule has 0 spiro atoms. The number of ether oxygens (including phenoxy) is 2. The number of benzene rings is 2. The van der Waals surface area contributed by atoms with Crippen LogP contribution in [0.15, 0.2) is 65.3 Å². The van der Waals surface area contributed by atoms with Crippen LogP contribution in [0.25, 0.3) is 11.1 Å². The number of carbonyl (C=O) groups excluding carboxylic acids is 1. The molecule has 0 aliphatic rings. The molecular formula is C25H26N2O4. The highest BCUT2D eigenvalue weighted by molar-refractivity contribution is 5.97. The molecule has 0 atom stereocenters. The van der Waals surface area contributed by atoms with Gasteiger partial charge in [0, 0.05) is 32.3 Å². The number of fused-ring (bicyclic) bond motifs is 1. The van der Waals surface area contributed by atoms with Crippen LogP contribution in [0.3, 0.4) is 0 Å². The lowest BCUT2D eigenvalue weighted by Crippen LogP contribution is -2.28. The Morgan fingerprint density at radius 2 is 1.81 bits per heavy atom. The largest absolute Gasteiger partial charge is 0.493 e. The fourth-order valence-corrected chi connectivity index (χ4v) is 3.80. The van der Waals surface area contributed by atoms with Crippen molar-refractivity contribution in [2.24, 2.45) is 0 Å². The number of amides is 1. The third-order valence-electron chi connectivity index (χ3n) is 5.55. The first-order chi connectivity index (χ1) is 15.0. The zero-order valence-corrected chi connectivity index (χ0v) is 18.2. The summed E-state index contributed by atoms with van der Waals surface area (Å²) >= 11 is 0. The van der Waals surface area contributed by atoms with Crippen molar-refractivity contribution in [1.82, 2.24) is 9.47 Å². The van der Waals surface area contributed by atoms with Crippen LogP contribution in [0.4, 0.5) is 0 Å². The molecule has 0 bridgehead atoms. The van der Waals surface area contributed by atoms with E-state index in [2.05, 4.69) is 19.1 Å². The molecule has 31 heavy (non-hydrogen) atoms. The minimum atomic E-state index is -0.0743. The van der Waals surface area contributed by atoms with E-state index in [1.165, 1.54) is 5.56 Å². The quantitative estimate of drug-likeness (QED) is 0.429. The predicted molar refractivity (Wildman–Crippen MR) is 120 cm³/mol. The summed E-state index contributed by atoms with van der Waals surface area (Å²) in [4.78, 5) is 15.1. The number of hydrogen-bond donors (Lipinski definition) is 0. The smallest absolute Gasteiger partial charge is 0.270 e. The van der Waals surface area contributed by atoms with Gasteiger partial charge in [0.1, 0.15) is 5.69 Å². The number of carbonyl (C=O) groups is 1. The van der Waals surface area contributed by atoms with Gasteiger partial charge in [-0.3, -0.25) is 4.79 Å². The maximum absolute atomic E-state index is 13.4. The van der Waals surface area contributed by atoms with Crippen molar-refractivity contribution < 1.29 is 18.7 Å².